The molecule has 6 rings (SSSR count). The first-order valence-electron chi connectivity index (χ1n) is 16.2. The van der Waals surface area contributed by atoms with Crippen molar-refractivity contribution in [3.8, 4) is 0 Å². The van der Waals surface area contributed by atoms with Crippen molar-refractivity contribution in [2.75, 3.05) is 13.7 Å². The Balaban J connectivity index is 1.25. The van der Waals surface area contributed by atoms with Crippen LogP contribution in [-0.4, -0.2) is 67.3 Å². The van der Waals surface area contributed by atoms with Crippen LogP contribution in [0, 0.1) is 33.5 Å². The summed E-state index contributed by atoms with van der Waals surface area (Å²) in [4.78, 5) is 53.5. The third kappa shape index (κ3) is 3.83. The summed E-state index contributed by atoms with van der Waals surface area (Å²) in [5.74, 6) is -2.16. The van der Waals surface area contributed by atoms with E-state index in [2.05, 4.69) is 0 Å². The topological polar surface area (TPSA) is 124 Å². The molecule has 3 aliphatic heterocycles. The fraction of sp³-hybridized carbons (Fsp3) is 0.879. The van der Waals surface area contributed by atoms with Gasteiger partial charge in [-0.25, -0.2) is 9.59 Å². The molecule has 240 valence electrons. The second kappa shape index (κ2) is 9.90. The Morgan fingerprint density at radius 2 is 1.30 bits per heavy atom. The first kappa shape index (κ1) is 30.8. The van der Waals surface area contributed by atoms with Crippen molar-refractivity contribution in [2.45, 2.75) is 135 Å². The number of methoxy groups -OCH3 is 1. The highest BCUT2D eigenvalue weighted by Crippen LogP contribution is 2.67. The van der Waals surface area contributed by atoms with E-state index in [1.165, 1.54) is 0 Å². The molecule has 43 heavy (non-hydrogen) atoms. The van der Waals surface area contributed by atoms with Gasteiger partial charge in [-0.3, -0.25) is 9.59 Å². The van der Waals surface area contributed by atoms with Crippen molar-refractivity contribution in [1.82, 2.24) is 0 Å². The highest BCUT2D eigenvalue weighted by molar-refractivity contribution is 5.94. The summed E-state index contributed by atoms with van der Waals surface area (Å²) in [5, 5.41) is 0. The molecule has 10 nitrogen and oxygen atoms in total. The van der Waals surface area contributed by atoms with Crippen LogP contribution in [0.25, 0.3) is 0 Å². The van der Waals surface area contributed by atoms with Crippen LogP contribution in [0.2, 0.25) is 0 Å². The Hall–Kier alpha value is -2.20. The third-order valence-electron chi connectivity index (χ3n) is 13.5. The minimum absolute atomic E-state index is 0.0257. The predicted molar refractivity (Wildman–Crippen MR) is 151 cm³/mol. The maximum Gasteiger partial charge on any atom is 0.351 e. The number of fused-ring (bicyclic) bond motifs is 6. The minimum atomic E-state index is -1.35. The lowest BCUT2D eigenvalue weighted by molar-refractivity contribution is -0.200. The van der Waals surface area contributed by atoms with E-state index in [0.29, 0.717) is 32.1 Å². The molecule has 0 aromatic heterocycles. The average molecular weight is 605 g/mol. The third-order valence-corrected chi connectivity index (χ3v) is 13.5. The Morgan fingerprint density at radius 3 is 1.79 bits per heavy atom. The van der Waals surface area contributed by atoms with Gasteiger partial charge in [0.25, 0.3) is 0 Å². The number of rotatable bonds is 6. The van der Waals surface area contributed by atoms with Crippen LogP contribution < -0.4 is 0 Å². The molecule has 3 heterocycles. The standard InChI is InChI=1S/C33H48O10/c1-28(2)30(5)14-16-32(28,42-24(30)34)26(36)39-18-20-19-12-10-8-9-11-13-21(22(20)41-23(19)38-7)40-27(37)33-17-15-31(6,25(35)43-33)29(33,3)4/h19-23H,8-18H2,1-7H3/t19-,20-,21-,22-,23-,30+,31+,32-,33-/m1/s1. The second-order valence-electron chi connectivity index (χ2n) is 15.4. The van der Waals surface area contributed by atoms with E-state index < -0.39 is 63.3 Å². The number of esters is 4. The van der Waals surface area contributed by atoms with E-state index in [-0.39, 0.29) is 30.4 Å². The molecule has 0 aromatic rings. The van der Waals surface area contributed by atoms with Gasteiger partial charge in [-0.1, -0.05) is 47.0 Å². The van der Waals surface area contributed by atoms with Crippen LogP contribution in [0.3, 0.4) is 0 Å². The summed E-state index contributed by atoms with van der Waals surface area (Å²) < 4.78 is 36.2. The first-order chi connectivity index (χ1) is 20.1. The summed E-state index contributed by atoms with van der Waals surface area (Å²) in [7, 11) is 1.60. The Morgan fingerprint density at radius 1 is 0.767 bits per heavy atom. The second-order valence-corrected chi connectivity index (χ2v) is 15.4. The van der Waals surface area contributed by atoms with Gasteiger partial charge < -0.3 is 28.4 Å². The molecule has 3 saturated heterocycles. The molecule has 6 aliphatic rings. The van der Waals surface area contributed by atoms with Gasteiger partial charge in [0.2, 0.25) is 11.2 Å². The highest BCUT2D eigenvalue weighted by Gasteiger charge is 2.78. The van der Waals surface area contributed by atoms with Crippen LogP contribution in [-0.2, 0) is 47.6 Å². The molecular formula is C33H48O10. The van der Waals surface area contributed by atoms with Gasteiger partial charge >= 0.3 is 23.9 Å². The largest absolute Gasteiger partial charge is 0.462 e. The summed E-state index contributed by atoms with van der Waals surface area (Å²) in [6, 6.07) is 0. The van der Waals surface area contributed by atoms with Gasteiger partial charge in [-0.15, -0.1) is 0 Å². The molecule has 0 aromatic carbocycles. The Labute approximate surface area is 254 Å². The van der Waals surface area contributed by atoms with Gasteiger partial charge in [-0.05, 0) is 58.8 Å². The van der Waals surface area contributed by atoms with Crippen molar-refractivity contribution >= 4 is 23.9 Å². The van der Waals surface area contributed by atoms with Gasteiger partial charge in [0.05, 0.1) is 17.4 Å². The fourth-order valence-corrected chi connectivity index (χ4v) is 9.26. The molecular weight excluding hydrogens is 556 g/mol. The molecule has 10 heteroatoms. The van der Waals surface area contributed by atoms with Crippen molar-refractivity contribution < 1.29 is 47.6 Å². The van der Waals surface area contributed by atoms with Crippen LogP contribution in [0.5, 0.6) is 0 Å². The van der Waals surface area contributed by atoms with Crippen LogP contribution >= 0.6 is 0 Å². The monoisotopic (exact) mass is 604 g/mol. The van der Waals surface area contributed by atoms with E-state index in [9.17, 15) is 19.2 Å². The highest BCUT2D eigenvalue weighted by atomic mass is 16.7. The molecule has 0 spiro atoms. The minimum Gasteiger partial charge on any atom is -0.462 e. The maximum absolute atomic E-state index is 14.0. The summed E-state index contributed by atoms with van der Waals surface area (Å²) in [5.41, 5.74) is -5.60. The summed E-state index contributed by atoms with van der Waals surface area (Å²) in [6.07, 6.45) is 5.42. The van der Waals surface area contributed by atoms with Crippen molar-refractivity contribution in [3.05, 3.63) is 0 Å². The molecule has 3 aliphatic carbocycles. The number of ether oxygens (including phenoxy) is 6. The molecule has 6 fully saturated rings. The predicted octanol–water partition coefficient (Wildman–Crippen LogP) is 4.64. The van der Waals surface area contributed by atoms with Gasteiger partial charge in [-0.2, -0.15) is 0 Å². The quantitative estimate of drug-likeness (QED) is 0.313. The average Bonchev–Trinajstić information content (AvgIpc) is 3.56. The Bertz CT molecular complexity index is 1210. The Kier molecular flexibility index (Phi) is 7.09. The van der Waals surface area contributed by atoms with E-state index >= 15 is 0 Å². The SMILES string of the molecule is CO[C@@H]1O[C@@H]2[C@H](COC(=O)[C@@]34CC[C@@](C)(C(=O)O3)C4(C)C)[C@H]1CCCCCC[C@H]2OC(=O)[C@@]12CC[C@@](C)(C(=O)O1)C2(C)C. The van der Waals surface area contributed by atoms with Crippen molar-refractivity contribution in [2.24, 2.45) is 33.5 Å². The van der Waals surface area contributed by atoms with Crippen LogP contribution in [0.1, 0.15) is 106 Å². The molecule has 0 radical (unpaired) electrons. The lowest BCUT2D eigenvalue weighted by Crippen LogP contribution is -2.52. The number of hydrogen-bond acceptors (Lipinski definition) is 10. The number of hydrogen-bond donors (Lipinski definition) is 0. The normalized spacial score (nSPS) is 45.9. The molecule has 0 unspecified atom stereocenters. The molecule has 0 amide bonds. The van der Waals surface area contributed by atoms with Gasteiger partial charge in [0.1, 0.15) is 12.2 Å². The molecule has 9 atom stereocenters. The van der Waals surface area contributed by atoms with Crippen LogP contribution in [0.15, 0.2) is 0 Å². The smallest absolute Gasteiger partial charge is 0.351 e. The zero-order valence-corrected chi connectivity index (χ0v) is 26.7. The number of carbonyl (C=O) groups is 4. The lowest BCUT2D eigenvalue weighted by atomic mass is 9.66. The van der Waals surface area contributed by atoms with Crippen molar-refractivity contribution in [3.63, 3.8) is 0 Å². The first-order valence-corrected chi connectivity index (χ1v) is 16.2. The maximum atomic E-state index is 14.0. The molecule has 6 bridgehead atoms. The zero-order valence-electron chi connectivity index (χ0n) is 26.7. The van der Waals surface area contributed by atoms with E-state index in [1.54, 1.807) is 7.11 Å². The number of carbonyl (C=O) groups excluding carboxylic acids is 4. The van der Waals surface area contributed by atoms with E-state index in [1.807, 2.05) is 41.5 Å². The zero-order chi connectivity index (χ0) is 31.2. The fourth-order valence-electron chi connectivity index (χ4n) is 9.26. The van der Waals surface area contributed by atoms with Gasteiger partial charge in [0, 0.05) is 29.8 Å². The summed E-state index contributed by atoms with van der Waals surface area (Å²) in [6.45, 7) is 11.4. The lowest BCUT2D eigenvalue weighted by Gasteiger charge is -2.37. The van der Waals surface area contributed by atoms with E-state index in [0.717, 1.165) is 32.1 Å². The molecule has 0 N–H and O–H groups in total. The summed E-state index contributed by atoms with van der Waals surface area (Å²) >= 11 is 0. The van der Waals surface area contributed by atoms with Crippen LogP contribution in [0.4, 0.5) is 0 Å². The van der Waals surface area contributed by atoms with Crippen molar-refractivity contribution in [1.29, 1.82) is 0 Å². The van der Waals surface area contributed by atoms with Gasteiger partial charge in [0.15, 0.2) is 6.29 Å². The van der Waals surface area contributed by atoms with E-state index in [4.69, 9.17) is 28.4 Å². The molecule has 3 saturated carbocycles.